The molecule has 0 spiro atoms. The molecule has 42 heavy (non-hydrogen) atoms. The summed E-state index contributed by atoms with van der Waals surface area (Å²) in [5.41, 5.74) is 5.40. The average molecular weight is 562 g/mol. The number of hydrogen-bond donors (Lipinski definition) is 1. The minimum absolute atomic E-state index is 0.0500. The number of benzene rings is 4. The summed E-state index contributed by atoms with van der Waals surface area (Å²) in [5.74, 6) is -1.34. The first-order chi connectivity index (χ1) is 20.4. The lowest BCUT2D eigenvalue weighted by Gasteiger charge is -2.25. The van der Waals surface area contributed by atoms with Crippen LogP contribution in [0.3, 0.4) is 0 Å². The van der Waals surface area contributed by atoms with E-state index in [4.69, 9.17) is 4.74 Å². The lowest BCUT2D eigenvalue weighted by atomic mass is 9.98. The minimum atomic E-state index is -0.514. The molecule has 5 rings (SSSR count). The molecule has 3 amide bonds. The van der Waals surface area contributed by atoms with E-state index in [0.717, 1.165) is 16.7 Å². The second-order valence-electron chi connectivity index (χ2n) is 9.92. The van der Waals surface area contributed by atoms with Gasteiger partial charge < -0.3 is 15.0 Å². The summed E-state index contributed by atoms with van der Waals surface area (Å²) >= 11 is 0. The molecular formula is C34H31N3O5. The molecule has 0 radical (unpaired) electrons. The number of ether oxygens (including phenoxy) is 1. The van der Waals surface area contributed by atoms with E-state index in [2.05, 4.69) is 5.32 Å². The molecule has 0 saturated heterocycles. The van der Waals surface area contributed by atoms with Crippen molar-refractivity contribution in [3.63, 3.8) is 0 Å². The highest BCUT2D eigenvalue weighted by molar-refractivity contribution is 6.12. The minimum Gasteiger partial charge on any atom is -0.465 e. The fourth-order valence-electron chi connectivity index (χ4n) is 4.95. The highest BCUT2D eigenvalue weighted by atomic mass is 16.5. The van der Waals surface area contributed by atoms with Gasteiger partial charge >= 0.3 is 5.97 Å². The first-order valence-corrected chi connectivity index (χ1v) is 13.8. The number of rotatable bonds is 7. The van der Waals surface area contributed by atoms with Gasteiger partial charge in [-0.25, -0.2) is 0 Å². The number of anilines is 3. The average Bonchev–Trinajstić information content (AvgIpc) is 3.14. The van der Waals surface area contributed by atoms with Crippen molar-refractivity contribution in [2.45, 2.75) is 20.3 Å². The van der Waals surface area contributed by atoms with Crippen molar-refractivity contribution < 1.29 is 23.9 Å². The molecule has 0 aromatic heterocycles. The standard InChI is InChI=1S/C34H31N3O5/c1-3-42-32(39)22-37-30-11-7-6-10-29(30)36(21-20-31(37)38)34(41)25-16-18-26(19-17-25)35-33(40)28-9-5-4-8-27(28)24-14-12-23(2)13-15-24/h4-19H,3,20-22H2,1-2H3,(H,35,40). The second kappa shape index (κ2) is 12.5. The van der Waals surface area contributed by atoms with Gasteiger partial charge in [0.1, 0.15) is 6.54 Å². The third kappa shape index (κ3) is 6.07. The van der Waals surface area contributed by atoms with E-state index in [-0.39, 0.29) is 43.8 Å². The number of nitrogens with zero attached hydrogens (tertiary/aromatic N) is 2. The molecule has 0 aliphatic carbocycles. The molecule has 4 aromatic rings. The lowest BCUT2D eigenvalue weighted by molar-refractivity contribution is -0.142. The van der Waals surface area contributed by atoms with Crippen LogP contribution in [0.1, 0.15) is 39.6 Å². The fraction of sp³-hybridized carbons (Fsp3) is 0.176. The highest BCUT2D eigenvalue weighted by Gasteiger charge is 2.31. The Bertz CT molecular complexity index is 1630. The molecule has 1 heterocycles. The third-order valence-corrected chi connectivity index (χ3v) is 7.08. The molecule has 1 aliphatic heterocycles. The van der Waals surface area contributed by atoms with Gasteiger partial charge in [0.05, 0.1) is 18.0 Å². The van der Waals surface area contributed by atoms with Crippen molar-refractivity contribution in [2.24, 2.45) is 0 Å². The van der Waals surface area contributed by atoms with Crippen LogP contribution in [0.2, 0.25) is 0 Å². The van der Waals surface area contributed by atoms with Crippen molar-refractivity contribution in [3.8, 4) is 11.1 Å². The SMILES string of the molecule is CCOC(=O)CN1C(=O)CCN(C(=O)c2ccc(NC(=O)c3ccccc3-c3ccc(C)cc3)cc2)c2ccccc21. The van der Waals surface area contributed by atoms with Crippen LogP contribution in [0.15, 0.2) is 97.1 Å². The molecule has 0 unspecified atom stereocenters. The molecule has 0 fully saturated rings. The summed E-state index contributed by atoms with van der Waals surface area (Å²) in [6, 6.07) is 29.1. The zero-order valence-electron chi connectivity index (χ0n) is 23.5. The summed E-state index contributed by atoms with van der Waals surface area (Å²) in [4.78, 5) is 55.0. The predicted molar refractivity (Wildman–Crippen MR) is 163 cm³/mol. The quantitative estimate of drug-likeness (QED) is 0.285. The number of nitrogens with one attached hydrogen (secondary N) is 1. The van der Waals surface area contributed by atoms with Crippen molar-refractivity contribution in [3.05, 3.63) is 114 Å². The molecule has 212 valence electrons. The molecule has 4 aromatic carbocycles. The largest absolute Gasteiger partial charge is 0.465 e. The third-order valence-electron chi connectivity index (χ3n) is 7.08. The summed E-state index contributed by atoms with van der Waals surface area (Å²) in [6.07, 6.45) is 0.0500. The van der Waals surface area contributed by atoms with E-state index < -0.39 is 5.97 Å². The Labute approximate surface area is 244 Å². The molecular weight excluding hydrogens is 530 g/mol. The van der Waals surface area contributed by atoms with Crippen LogP contribution in [0.25, 0.3) is 11.1 Å². The Hall–Kier alpha value is -5.24. The van der Waals surface area contributed by atoms with Gasteiger partial charge in [-0.3, -0.25) is 24.1 Å². The van der Waals surface area contributed by atoms with Crippen molar-refractivity contribution in [1.82, 2.24) is 0 Å². The highest BCUT2D eigenvalue weighted by Crippen LogP contribution is 2.34. The smallest absolute Gasteiger partial charge is 0.326 e. The van der Waals surface area contributed by atoms with Crippen LogP contribution < -0.4 is 15.1 Å². The molecule has 8 nitrogen and oxygen atoms in total. The monoisotopic (exact) mass is 561 g/mol. The van der Waals surface area contributed by atoms with Gasteiger partial charge in [0, 0.05) is 29.8 Å². The molecule has 1 aliphatic rings. The van der Waals surface area contributed by atoms with Gasteiger partial charge in [0.25, 0.3) is 11.8 Å². The molecule has 1 N–H and O–H groups in total. The van der Waals surface area contributed by atoms with E-state index in [1.165, 1.54) is 4.90 Å². The van der Waals surface area contributed by atoms with Crippen LogP contribution in [-0.4, -0.2) is 43.4 Å². The maximum Gasteiger partial charge on any atom is 0.326 e. The van der Waals surface area contributed by atoms with Crippen molar-refractivity contribution in [1.29, 1.82) is 0 Å². The van der Waals surface area contributed by atoms with Gasteiger partial charge in [-0.2, -0.15) is 0 Å². The first kappa shape index (κ1) is 28.3. The summed E-state index contributed by atoms with van der Waals surface area (Å²) in [6.45, 7) is 3.86. The number of para-hydroxylation sites is 2. The van der Waals surface area contributed by atoms with Crippen LogP contribution in [-0.2, 0) is 14.3 Å². The maximum atomic E-state index is 13.7. The Morgan fingerprint density at radius 2 is 1.50 bits per heavy atom. The van der Waals surface area contributed by atoms with Crippen LogP contribution in [0, 0.1) is 6.92 Å². The number of esters is 1. The Balaban J connectivity index is 1.34. The number of carbonyl (C=O) groups is 4. The molecule has 0 saturated carbocycles. The zero-order chi connectivity index (χ0) is 29.6. The topological polar surface area (TPSA) is 96.0 Å². The van der Waals surface area contributed by atoms with E-state index in [1.807, 2.05) is 49.4 Å². The number of amides is 3. The second-order valence-corrected chi connectivity index (χ2v) is 9.92. The number of aryl methyl sites for hydroxylation is 1. The van der Waals surface area contributed by atoms with Gasteiger partial charge in [-0.05, 0) is 67.4 Å². The van der Waals surface area contributed by atoms with E-state index in [9.17, 15) is 19.2 Å². The van der Waals surface area contributed by atoms with E-state index >= 15 is 0 Å². The molecule has 0 bridgehead atoms. The Morgan fingerprint density at radius 1 is 0.833 bits per heavy atom. The van der Waals surface area contributed by atoms with Gasteiger partial charge in [-0.15, -0.1) is 0 Å². The number of carbonyl (C=O) groups excluding carboxylic acids is 4. The normalized spacial score (nSPS) is 12.8. The van der Waals surface area contributed by atoms with E-state index in [1.54, 1.807) is 66.4 Å². The number of hydrogen-bond acceptors (Lipinski definition) is 5. The predicted octanol–water partition coefficient (Wildman–Crippen LogP) is 5.86. The Morgan fingerprint density at radius 3 is 2.21 bits per heavy atom. The maximum absolute atomic E-state index is 13.7. The van der Waals surface area contributed by atoms with Gasteiger partial charge in [0.15, 0.2) is 0 Å². The summed E-state index contributed by atoms with van der Waals surface area (Å²) in [7, 11) is 0. The fourth-order valence-corrected chi connectivity index (χ4v) is 4.95. The molecule has 8 heteroatoms. The van der Waals surface area contributed by atoms with Crippen molar-refractivity contribution >= 4 is 40.8 Å². The summed E-state index contributed by atoms with van der Waals surface area (Å²) < 4.78 is 5.05. The molecule has 0 atom stereocenters. The zero-order valence-corrected chi connectivity index (χ0v) is 23.5. The van der Waals surface area contributed by atoms with Crippen LogP contribution in [0.5, 0.6) is 0 Å². The lowest BCUT2D eigenvalue weighted by Crippen LogP contribution is -2.36. The Kier molecular flexibility index (Phi) is 8.43. The van der Waals surface area contributed by atoms with Gasteiger partial charge in [0.2, 0.25) is 5.91 Å². The summed E-state index contributed by atoms with van der Waals surface area (Å²) in [5, 5.41) is 2.93. The van der Waals surface area contributed by atoms with Gasteiger partial charge in [-0.1, -0.05) is 60.2 Å². The number of fused-ring (bicyclic) bond motifs is 1. The van der Waals surface area contributed by atoms with Crippen molar-refractivity contribution in [2.75, 3.05) is 34.8 Å². The van der Waals surface area contributed by atoms with Crippen LogP contribution >= 0.6 is 0 Å². The van der Waals surface area contributed by atoms with E-state index in [0.29, 0.717) is 28.2 Å². The van der Waals surface area contributed by atoms with Crippen LogP contribution in [0.4, 0.5) is 17.1 Å². The first-order valence-electron chi connectivity index (χ1n) is 13.8.